The Morgan fingerprint density at radius 3 is 2.50 bits per heavy atom. The van der Waals surface area contributed by atoms with Crippen molar-refractivity contribution >= 4 is 63.2 Å². The molecule has 2 aromatic heterocycles. The van der Waals surface area contributed by atoms with Crippen LogP contribution in [0.4, 0.5) is 28.7 Å². The van der Waals surface area contributed by atoms with Crippen LogP contribution in [-0.2, 0) is 26.2 Å². The number of methoxy groups -OCH3 is 1. The molecular formula is C45H52N10O5. The molecule has 0 spiro atoms. The number of carbonyl (C=O) groups excluding carboxylic acids is 4. The second-order valence-electron chi connectivity index (χ2n) is 15.4. The Kier molecular flexibility index (Phi) is 12.7. The molecule has 0 saturated carbocycles. The van der Waals surface area contributed by atoms with Crippen molar-refractivity contribution in [3.05, 3.63) is 97.3 Å². The van der Waals surface area contributed by atoms with Crippen molar-refractivity contribution in [3.8, 4) is 17.0 Å². The van der Waals surface area contributed by atoms with Crippen molar-refractivity contribution in [1.29, 1.82) is 0 Å². The molecule has 2 fully saturated rings. The van der Waals surface area contributed by atoms with Crippen LogP contribution in [0.25, 0.3) is 22.2 Å². The Morgan fingerprint density at radius 2 is 1.77 bits per heavy atom. The van der Waals surface area contributed by atoms with Crippen molar-refractivity contribution in [2.24, 2.45) is 7.05 Å². The van der Waals surface area contributed by atoms with E-state index in [0.717, 1.165) is 53.8 Å². The van der Waals surface area contributed by atoms with Crippen LogP contribution in [0.15, 0.2) is 91.8 Å². The number of likely N-dealkylation sites (tertiary alicyclic amines) is 1. The molecule has 2 aliphatic rings. The lowest BCUT2D eigenvalue weighted by atomic mass is 9.89. The molecule has 4 amide bonds. The van der Waals surface area contributed by atoms with Gasteiger partial charge in [-0.15, -0.1) is 0 Å². The Bertz CT molecular complexity index is 2390. The quantitative estimate of drug-likeness (QED) is 0.0779. The molecule has 1 unspecified atom stereocenters. The second kappa shape index (κ2) is 18.5. The van der Waals surface area contributed by atoms with Gasteiger partial charge in [-0.2, -0.15) is 0 Å². The number of likely N-dealkylation sites (N-methyl/N-ethyl adjacent to an activating group) is 2. The molecule has 15 heteroatoms. The standard InChI is InChI=1S/C45H52N10O5/c1-6-41(56)48-36-25-37(50-45-46-20-17-34(49-45)33-27-54(4)38-10-8-7-9-32(33)38)40(60-5)26-39(36)52(2)23-24-53(3)43(58)28-55-21-18-30(19-22-55)29-11-13-31(14-12-29)47-35-15-16-42(57)51-44(35)59/h6-14,17,20,25-27,30,35,47H,1,15-16,18-19,21-24,28H2,2-5H3,(H,48,56)(H,46,49,50)(H,51,57,59). The molecule has 4 N–H and O–H groups in total. The van der Waals surface area contributed by atoms with Crippen molar-refractivity contribution < 1.29 is 23.9 Å². The maximum Gasteiger partial charge on any atom is 0.249 e. The van der Waals surface area contributed by atoms with E-state index in [2.05, 4.69) is 72.8 Å². The predicted molar refractivity (Wildman–Crippen MR) is 235 cm³/mol. The minimum absolute atomic E-state index is 0.0359. The van der Waals surface area contributed by atoms with Crippen LogP contribution in [0.2, 0.25) is 0 Å². The van der Waals surface area contributed by atoms with Gasteiger partial charge in [0.15, 0.2) is 0 Å². The van der Waals surface area contributed by atoms with Gasteiger partial charge in [-0.25, -0.2) is 9.97 Å². The zero-order chi connectivity index (χ0) is 42.3. The van der Waals surface area contributed by atoms with E-state index in [1.165, 1.54) is 11.6 Å². The highest BCUT2D eigenvalue weighted by Gasteiger charge is 2.27. The summed E-state index contributed by atoms with van der Waals surface area (Å²) in [6.45, 7) is 6.53. The topological polar surface area (TPSA) is 166 Å². The fourth-order valence-electron chi connectivity index (χ4n) is 7.84. The summed E-state index contributed by atoms with van der Waals surface area (Å²) in [5.41, 5.74) is 6.69. The van der Waals surface area contributed by atoms with Gasteiger partial charge in [0.25, 0.3) is 0 Å². The summed E-state index contributed by atoms with van der Waals surface area (Å²) >= 11 is 0. The van der Waals surface area contributed by atoms with Gasteiger partial charge in [-0.3, -0.25) is 29.4 Å². The largest absolute Gasteiger partial charge is 0.494 e. The molecule has 1 atom stereocenters. The number of nitrogens with zero attached hydrogens (tertiary/aromatic N) is 6. The average molecular weight is 813 g/mol. The molecule has 3 aromatic carbocycles. The van der Waals surface area contributed by atoms with E-state index in [4.69, 9.17) is 9.72 Å². The van der Waals surface area contributed by atoms with Crippen molar-refractivity contribution in [2.45, 2.75) is 37.6 Å². The normalized spacial score (nSPS) is 15.9. The van der Waals surface area contributed by atoms with E-state index < -0.39 is 6.04 Å². The third-order valence-electron chi connectivity index (χ3n) is 11.4. The number of amides is 4. The highest BCUT2D eigenvalue weighted by atomic mass is 16.5. The monoisotopic (exact) mass is 812 g/mol. The lowest BCUT2D eigenvalue weighted by Crippen LogP contribution is -2.47. The first-order chi connectivity index (χ1) is 29.0. The first-order valence-corrected chi connectivity index (χ1v) is 20.2. The highest BCUT2D eigenvalue weighted by molar-refractivity contribution is 6.03. The van der Waals surface area contributed by atoms with Crippen LogP contribution < -0.4 is 30.9 Å². The van der Waals surface area contributed by atoms with E-state index in [9.17, 15) is 19.2 Å². The van der Waals surface area contributed by atoms with Crippen LogP contribution in [0.3, 0.4) is 0 Å². The fraction of sp³-hybridized carbons (Fsp3) is 0.333. The van der Waals surface area contributed by atoms with Crippen molar-refractivity contribution in [3.63, 3.8) is 0 Å². The Labute approximate surface area is 349 Å². The number of hydrogen-bond acceptors (Lipinski definition) is 11. The molecule has 312 valence electrons. The summed E-state index contributed by atoms with van der Waals surface area (Å²) in [5.74, 6) is 0.408. The third-order valence-corrected chi connectivity index (χ3v) is 11.4. The minimum Gasteiger partial charge on any atom is -0.494 e. The Hall–Kier alpha value is -6.74. The van der Waals surface area contributed by atoms with Crippen LogP contribution in [0, 0.1) is 0 Å². The molecule has 2 aliphatic heterocycles. The van der Waals surface area contributed by atoms with Gasteiger partial charge in [0.05, 0.1) is 36.4 Å². The van der Waals surface area contributed by atoms with Crippen LogP contribution in [0.1, 0.15) is 37.2 Å². The summed E-state index contributed by atoms with van der Waals surface area (Å²) in [6.07, 6.45) is 7.66. The first kappa shape index (κ1) is 41.4. The molecule has 4 heterocycles. The average Bonchev–Trinajstić information content (AvgIpc) is 3.60. The second-order valence-corrected chi connectivity index (χ2v) is 15.4. The van der Waals surface area contributed by atoms with E-state index in [1.807, 2.05) is 62.4 Å². The number of anilines is 5. The summed E-state index contributed by atoms with van der Waals surface area (Å²) in [4.78, 5) is 64.9. The Balaban J connectivity index is 0.945. The number of carbonyl (C=O) groups is 4. The van der Waals surface area contributed by atoms with Crippen LogP contribution in [-0.4, -0.2) is 108 Å². The van der Waals surface area contributed by atoms with Gasteiger partial charge in [-0.1, -0.05) is 36.9 Å². The van der Waals surface area contributed by atoms with Crippen molar-refractivity contribution in [2.75, 3.05) is 74.8 Å². The van der Waals surface area contributed by atoms with Gasteiger partial charge in [0, 0.05) is 81.3 Å². The van der Waals surface area contributed by atoms with E-state index >= 15 is 0 Å². The Morgan fingerprint density at radius 1 is 1.00 bits per heavy atom. The number of fused-ring (bicyclic) bond motifs is 1. The van der Waals surface area contributed by atoms with Gasteiger partial charge < -0.3 is 35.1 Å². The minimum atomic E-state index is -0.415. The molecule has 2 saturated heterocycles. The summed E-state index contributed by atoms with van der Waals surface area (Å²) in [7, 11) is 7.30. The van der Waals surface area contributed by atoms with E-state index in [1.54, 1.807) is 24.3 Å². The third kappa shape index (κ3) is 9.58. The summed E-state index contributed by atoms with van der Waals surface area (Å²) in [5, 5.41) is 12.9. The number of hydrogen-bond donors (Lipinski definition) is 4. The summed E-state index contributed by atoms with van der Waals surface area (Å²) in [6, 6.07) is 21.4. The molecule has 15 nitrogen and oxygen atoms in total. The number of para-hydroxylation sites is 1. The first-order valence-electron chi connectivity index (χ1n) is 20.2. The SMILES string of the molecule is C=CC(=O)Nc1cc(Nc2nccc(-c3cn(C)c4ccccc34)n2)c(OC)cc1N(C)CCN(C)C(=O)CN1CCC(c2ccc(NC3CCC(=O)NC3=O)cc2)CC1. The fourth-order valence-corrected chi connectivity index (χ4v) is 7.84. The predicted octanol–water partition coefficient (Wildman–Crippen LogP) is 5.50. The molecule has 7 rings (SSSR count). The lowest BCUT2D eigenvalue weighted by molar-refractivity contribution is -0.134. The number of ether oxygens (including phenoxy) is 1. The lowest BCUT2D eigenvalue weighted by Gasteiger charge is -2.33. The van der Waals surface area contributed by atoms with Crippen LogP contribution >= 0.6 is 0 Å². The molecule has 5 aromatic rings. The number of benzene rings is 3. The van der Waals surface area contributed by atoms with Gasteiger partial charge in [0.1, 0.15) is 11.8 Å². The number of rotatable bonds is 15. The van der Waals surface area contributed by atoms with Gasteiger partial charge in [-0.05, 0) is 80.2 Å². The number of aryl methyl sites for hydroxylation is 1. The van der Waals surface area contributed by atoms with Crippen molar-refractivity contribution in [1.82, 2.24) is 29.7 Å². The van der Waals surface area contributed by atoms with E-state index in [0.29, 0.717) is 67.2 Å². The van der Waals surface area contributed by atoms with Gasteiger partial charge >= 0.3 is 0 Å². The maximum atomic E-state index is 13.4. The molecular weight excluding hydrogens is 761 g/mol. The van der Waals surface area contributed by atoms with E-state index in [-0.39, 0.29) is 23.6 Å². The zero-order valence-corrected chi connectivity index (χ0v) is 34.5. The highest BCUT2D eigenvalue weighted by Crippen LogP contribution is 2.38. The number of nitrogens with one attached hydrogen (secondary N) is 4. The molecule has 60 heavy (non-hydrogen) atoms. The zero-order valence-electron chi connectivity index (χ0n) is 34.5. The molecule has 0 bridgehead atoms. The molecule has 0 aliphatic carbocycles. The van der Waals surface area contributed by atoms with Gasteiger partial charge in [0.2, 0.25) is 29.6 Å². The van der Waals surface area contributed by atoms with Crippen LogP contribution in [0.5, 0.6) is 5.75 Å². The smallest absolute Gasteiger partial charge is 0.249 e. The maximum absolute atomic E-state index is 13.4. The summed E-state index contributed by atoms with van der Waals surface area (Å²) < 4.78 is 7.89. The number of imide groups is 1. The number of piperidine rings is 2. The molecule has 0 radical (unpaired) electrons. The number of aromatic nitrogens is 3.